The van der Waals surface area contributed by atoms with Gasteiger partial charge in [-0.25, -0.2) is 0 Å². The highest BCUT2D eigenvalue weighted by atomic mass is 79.9. The summed E-state index contributed by atoms with van der Waals surface area (Å²) in [7, 11) is 0. The zero-order valence-electron chi connectivity index (χ0n) is 16.9. The predicted octanol–water partition coefficient (Wildman–Crippen LogP) is 2.40. The van der Waals surface area contributed by atoms with Gasteiger partial charge in [-0.3, -0.25) is 14.4 Å². The van der Waals surface area contributed by atoms with E-state index in [4.69, 9.17) is 4.74 Å². The van der Waals surface area contributed by atoms with Crippen LogP contribution in [0.4, 0.5) is 5.69 Å². The molecule has 3 saturated heterocycles. The van der Waals surface area contributed by atoms with Crippen molar-refractivity contribution in [3.63, 3.8) is 0 Å². The molecule has 158 valence electrons. The standard InChI is InChI=1S/C23H24N2O4.BrH/c1-13(26)24-8-7-23-16-4-2-3-5-17(16)25-20(28)11-18-21(22(23)25)15(10-19(23)27)14(12-24)6-9-29-18;/h2-6,15,18,21-22H,7-12H2,1H3;1H. The molecular weight excluding hydrogens is 448 g/mol. The zero-order valence-corrected chi connectivity index (χ0v) is 18.6. The van der Waals surface area contributed by atoms with E-state index in [0.717, 1.165) is 16.8 Å². The number of anilines is 1. The number of piperidine rings is 1. The maximum Gasteiger partial charge on any atom is 0.229 e. The van der Waals surface area contributed by atoms with Crippen LogP contribution in [0, 0.1) is 11.8 Å². The lowest BCUT2D eigenvalue weighted by molar-refractivity contribution is -0.140. The fourth-order valence-electron chi connectivity index (χ4n) is 6.76. The highest BCUT2D eigenvalue weighted by Gasteiger charge is 2.67. The summed E-state index contributed by atoms with van der Waals surface area (Å²) in [6.07, 6.45) is 3.26. The van der Waals surface area contributed by atoms with Gasteiger partial charge in [-0.15, -0.1) is 17.0 Å². The lowest BCUT2D eigenvalue weighted by Gasteiger charge is -2.53. The number of para-hydroxylation sites is 1. The molecule has 6 aliphatic rings. The molecule has 7 heteroatoms. The summed E-state index contributed by atoms with van der Waals surface area (Å²) < 4.78 is 6.17. The molecule has 30 heavy (non-hydrogen) atoms. The molecule has 1 aromatic carbocycles. The number of carbonyl (C=O) groups excluding carboxylic acids is 3. The number of hydrogen-bond acceptors (Lipinski definition) is 4. The van der Waals surface area contributed by atoms with E-state index < -0.39 is 5.41 Å². The number of carbonyl (C=O) groups is 3. The number of Topliss-reactive ketones (excluding diaryl/α,β-unsaturated/α-hetero) is 1. The summed E-state index contributed by atoms with van der Waals surface area (Å²) in [5.74, 6) is 0.395. The fourth-order valence-corrected chi connectivity index (χ4v) is 6.76. The van der Waals surface area contributed by atoms with Crippen LogP contribution in [0.3, 0.4) is 0 Å². The molecule has 0 N–H and O–H groups in total. The van der Waals surface area contributed by atoms with Crippen LogP contribution in [0.1, 0.15) is 31.7 Å². The molecule has 0 radical (unpaired) electrons. The van der Waals surface area contributed by atoms with E-state index in [-0.39, 0.29) is 58.6 Å². The molecule has 7 rings (SSSR count). The third-order valence-corrected chi connectivity index (χ3v) is 7.96. The predicted molar refractivity (Wildman–Crippen MR) is 116 cm³/mol. The lowest BCUT2D eigenvalue weighted by atomic mass is 9.55. The minimum atomic E-state index is -0.747. The van der Waals surface area contributed by atoms with E-state index in [1.807, 2.05) is 34.1 Å². The van der Waals surface area contributed by atoms with Crippen LogP contribution in [0.5, 0.6) is 0 Å². The van der Waals surface area contributed by atoms with Crippen LogP contribution in [0.25, 0.3) is 0 Å². The van der Waals surface area contributed by atoms with Gasteiger partial charge >= 0.3 is 0 Å². The summed E-state index contributed by atoms with van der Waals surface area (Å²) in [6.45, 7) is 3.11. The Balaban J connectivity index is 0.00000193. The van der Waals surface area contributed by atoms with Crippen molar-refractivity contribution in [1.82, 2.24) is 4.90 Å². The fraction of sp³-hybridized carbons (Fsp3) is 0.522. The van der Waals surface area contributed by atoms with Crippen LogP contribution < -0.4 is 4.90 Å². The SMILES string of the molecule is Br.CC(=O)N1CCC23C(=O)CC4C(=CCOC5CC(=O)N(c6ccccc62)C3C54)C1. The summed E-state index contributed by atoms with van der Waals surface area (Å²) in [6, 6.07) is 7.66. The molecule has 5 aliphatic heterocycles. The minimum absolute atomic E-state index is 0. The second-order valence-electron chi connectivity index (χ2n) is 9.05. The molecule has 0 aromatic heterocycles. The second kappa shape index (κ2) is 6.76. The van der Waals surface area contributed by atoms with E-state index in [0.29, 0.717) is 39.0 Å². The number of fused-ring (bicyclic) bond motifs is 6. The number of benzene rings is 1. The first kappa shape index (κ1) is 19.9. The van der Waals surface area contributed by atoms with Crippen molar-refractivity contribution in [2.24, 2.45) is 11.8 Å². The van der Waals surface area contributed by atoms with Crippen LogP contribution in [0.15, 0.2) is 35.9 Å². The van der Waals surface area contributed by atoms with Crippen molar-refractivity contribution >= 4 is 40.3 Å². The smallest absolute Gasteiger partial charge is 0.229 e. The average Bonchev–Trinajstić information content (AvgIpc) is 2.95. The molecule has 4 bridgehead atoms. The molecule has 5 atom stereocenters. The van der Waals surface area contributed by atoms with Gasteiger partial charge in [0.25, 0.3) is 0 Å². The van der Waals surface area contributed by atoms with Gasteiger partial charge in [0.05, 0.1) is 30.6 Å². The largest absolute Gasteiger partial charge is 0.373 e. The number of nitrogens with zero attached hydrogens (tertiary/aromatic N) is 2. The molecule has 1 aromatic rings. The van der Waals surface area contributed by atoms with Crippen molar-refractivity contribution < 1.29 is 19.1 Å². The minimum Gasteiger partial charge on any atom is -0.373 e. The molecule has 2 amide bonds. The van der Waals surface area contributed by atoms with Gasteiger partial charge in [-0.05, 0) is 29.5 Å². The first-order valence-corrected chi connectivity index (χ1v) is 10.5. The molecule has 1 saturated carbocycles. The Hall–Kier alpha value is -1.99. The van der Waals surface area contributed by atoms with E-state index in [9.17, 15) is 14.4 Å². The molecule has 1 spiro atoms. The molecule has 5 unspecified atom stereocenters. The van der Waals surface area contributed by atoms with Gasteiger partial charge in [-0.2, -0.15) is 0 Å². The molecule has 4 fully saturated rings. The first-order chi connectivity index (χ1) is 14.0. The Morgan fingerprint density at radius 1 is 1.20 bits per heavy atom. The van der Waals surface area contributed by atoms with Crippen LogP contribution in [0.2, 0.25) is 0 Å². The Morgan fingerprint density at radius 3 is 2.80 bits per heavy atom. The van der Waals surface area contributed by atoms with E-state index in [1.165, 1.54) is 0 Å². The number of hydrogen-bond donors (Lipinski definition) is 0. The van der Waals surface area contributed by atoms with E-state index >= 15 is 0 Å². The number of ether oxygens (including phenoxy) is 1. The van der Waals surface area contributed by atoms with Crippen molar-refractivity contribution in [2.45, 2.75) is 43.7 Å². The molecule has 6 nitrogen and oxygen atoms in total. The third-order valence-electron chi connectivity index (χ3n) is 7.96. The lowest BCUT2D eigenvalue weighted by Crippen LogP contribution is -2.66. The van der Waals surface area contributed by atoms with Crippen LogP contribution in [-0.2, 0) is 24.5 Å². The van der Waals surface area contributed by atoms with Gasteiger partial charge in [0.2, 0.25) is 11.8 Å². The topological polar surface area (TPSA) is 66.9 Å². The highest BCUT2D eigenvalue weighted by Crippen LogP contribution is 2.60. The van der Waals surface area contributed by atoms with Crippen molar-refractivity contribution in [1.29, 1.82) is 0 Å². The average molecular weight is 473 g/mol. The summed E-state index contributed by atoms with van der Waals surface area (Å²) >= 11 is 0. The maximum atomic E-state index is 13.8. The summed E-state index contributed by atoms with van der Waals surface area (Å²) in [4.78, 5) is 43.3. The van der Waals surface area contributed by atoms with Gasteiger partial charge in [-0.1, -0.05) is 24.3 Å². The Kier molecular flexibility index (Phi) is 4.49. The van der Waals surface area contributed by atoms with E-state index in [1.54, 1.807) is 6.92 Å². The zero-order chi connectivity index (χ0) is 19.9. The summed E-state index contributed by atoms with van der Waals surface area (Å²) in [5.41, 5.74) is 2.22. The number of rotatable bonds is 0. The van der Waals surface area contributed by atoms with Gasteiger partial charge in [0, 0.05) is 38.0 Å². The molecule has 5 heterocycles. The van der Waals surface area contributed by atoms with Gasteiger partial charge < -0.3 is 14.5 Å². The number of ketones is 1. The number of amides is 2. The van der Waals surface area contributed by atoms with Gasteiger partial charge in [0.15, 0.2) is 0 Å². The number of halogens is 1. The third kappa shape index (κ3) is 2.36. The monoisotopic (exact) mass is 472 g/mol. The Bertz CT molecular complexity index is 991. The Morgan fingerprint density at radius 2 is 2.00 bits per heavy atom. The van der Waals surface area contributed by atoms with Gasteiger partial charge in [0.1, 0.15) is 5.78 Å². The van der Waals surface area contributed by atoms with Crippen molar-refractivity contribution in [2.75, 3.05) is 24.6 Å². The van der Waals surface area contributed by atoms with Crippen LogP contribution in [-0.4, -0.2) is 54.3 Å². The van der Waals surface area contributed by atoms with E-state index in [2.05, 4.69) is 6.08 Å². The van der Waals surface area contributed by atoms with Crippen molar-refractivity contribution in [3.8, 4) is 0 Å². The summed E-state index contributed by atoms with van der Waals surface area (Å²) in [5, 5.41) is 0. The maximum absolute atomic E-state index is 13.8. The first-order valence-electron chi connectivity index (χ1n) is 10.5. The Labute approximate surface area is 186 Å². The second-order valence-corrected chi connectivity index (χ2v) is 9.05. The highest BCUT2D eigenvalue weighted by molar-refractivity contribution is 8.93. The normalized spacial score (nSPS) is 36.1. The quantitative estimate of drug-likeness (QED) is 0.543. The van der Waals surface area contributed by atoms with Crippen LogP contribution >= 0.6 is 17.0 Å². The molecule has 1 aliphatic carbocycles. The molecular formula is C23H25BrN2O4. The van der Waals surface area contributed by atoms with Crippen molar-refractivity contribution in [3.05, 3.63) is 41.5 Å².